The van der Waals surface area contributed by atoms with E-state index in [9.17, 15) is 19.6 Å². The number of piperazine rings is 1. The van der Waals surface area contributed by atoms with Gasteiger partial charge in [-0.25, -0.2) is 24.3 Å². The summed E-state index contributed by atoms with van der Waals surface area (Å²) in [6.07, 6.45) is 6.61. The highest BCUT2D eigenvalue weighted by Crippen LogP contribution is 2.37. The van der Waals surface area contributed by atoms with Crippen LogP contribution in [0.2, 0.25) is 0 Å². The Morgan fingerprint density at radius 2 is 1.77 bits per heavy atom. The van der Waals surface area contributed by atoms with Crippen LogP contribution >= 0.6 is 11.3 Å². The number of thiazole rings is 1. The zero-order valence-corrected chi connectivity index (χ0v) is 27.6. The zero-order valence-electron chi connectivity index (χ0n) is 26.8. The fraction of sp³-hybridized carbons (Fsp3) is 0.353. The SMILES string of the molecule is CCc1nc2ccc(-c3cnc(N4CCN(CC(=O)N5CC[C@@H](O)C5)CC4)nc3)cn2c1N(C)c1nc(-c2ccc(F)cc2)c(C#N)s1. The van der Waals surface area contributed by atoms with E-state index < -0.39 is 6.10 Å². The van der Waals surface area contributed by atoms with E-state index in [-0.39, 0.29) is 11.7 Å². The highest BCUT2D eigenvalue weighted by Gasteiger charge is 2.28. The molecule has 2 saturated heterocycles. The number of halogens is 1. The topological polar surface area (TPSA) is 130 Å². The van der Waals surface area contributed by atoms with Crippen molar-refractivity contribution in [3.8, 4) is 28.5 Å². The molecular formula is C34H35FN10O2S. The average Bonchev–Trinajstić information content (AvgIpc) is 3.85. The molecule has 14 heteroatoms. The standard InChI is InChI=1S/C34H35FN10O2S/c1-3-27-32(41(2)34-40-31(28(16-36)48-34)22-4-7-25(35)8-5-22)45-19-23(6-9-29(45)39-27)24-17-37-33(38-18-24)43-14-12-42(13-15-43)21-30(47)44-11-10-26(46)20-44/h4-9,17-19,26,46H,3,10-15,20-21H2,1-2H3/t26-/m1/s1. The monoisotopic (exact) mass is 666 g/mol. The van der Waals surface area contributed by atoms with E-state index in [2.05, 4.69) is 22.8 Å². The van der Waals surface area contributed by atoms with E-state index >= 15 is 0 Å². The minimum Gasteiger partial charge on any atom is -0.391 e. The number of amides is 1. The molecule has 5 aromatic rings. The molecule has 1 amide bonds. The van der Waals surface area contributed by atoms with Crippen molar-refractivity contribution in [1.82, 2.24) is 34.1 Å². The predicted octanol–water partition coefficient (Wildman–Crippen LogP) is 3.97. The summed E-state index contributed by atoms with van der Waals surface area (Å²) >= 11 is 1.28. The van der Waals surface area contributed by atoms with Crippen molar-refractivity contribution in [3.63, 3.8) is 0 Å². The summed E-state index contributed by atoms with van der Waals surface area (Å²) in [6.45, 7) is 6.39. The van der Waals surface area contributed by atoms with Crippen LogP contribution in [0.4, 0.5) is 21.3 Å². The Morgan fingerprint density at radius 3 is 2.44 bits per heavy atom. The van der Waals surface area contributed by atoms with Gasteiger partial charge in [0, 0.05) is 81.6 Å². The normalized spacial score (nSPS) is 16.9. The van der Waals surface area contributed by atoms with E-state index in [1.165, 1.54) is 23.5 Å². The molecule has 7 rings (SSSR count). The summed E-state index contributed by atoms with van der Waals surface area (Å²) in [5.74, 6) is 1.22. The van der Waals surface area contributed by atoms with Gasteiger partial charge in [0.05, 0.1) is 18.3 Å². The first-order chi connectivity index (χ1) is 23.3. The Bertz CT molecular complexity index is 1980. The van der Waals surface area contributed by atoms with Gasteiger partial charge in [0.1, 0.15) is 33.9 Å². The van der Waals surface area contributed by atoms with Crippen molar-refractivity contribution in [2.24, 2.45) is 0 Å². The number of aliphatic hydroxyl groups is 1. The third kappa shape index (κ3) is 6.19. The number of imidazole rings is 1. The van der Waals surface area contributed by atoms with Crippen molar-refractivity contribution in [2.45, 2.75) is 25.9 Å². The quantitative estimate of drug-likeness (QED) is 0.260. The van der Waals surface area contributed by atoms with Crippen LogP contribution < -0.4 is 9.80 Å². The summed E-state index contributed by atoms with van der Waals surface area (Å²) in [7, 11) is 1.91. The number of carbonyl (C=O) groups is 1. The Labute approximate surface area is 281 Å². The number of likely N-dealkylation sites (tertiary alicyclic amines) is 1. The second-order valence-corrected chi connectivity index (χ2v) is 13.0. The van der Waals surface area contributed by atoms with E-state index in [1.807, 2.05) is 47.1 Å². The van der Waals surface area contributed by atoms with Crippen LogP contribution in [0, 0.1) is 17.1 Å². The Hall–Kier alpha value is -4.97. The van der Waals surface area contributed by atoms with Crippen LogP contribution in [0.5, 0.6) is 0 Å². The molecule has 2 fully saturated rings. The summed E-state index contributed by atoms with van der Waals surface area (Å²) in [5, 5.41) is 20.2. The number of aryl methyl sites for hydroxylation is 1. The maximum atomic E-state index is 13.6. The molecule has 0 spiro atoms. The van der Waals surface area contributed by atoms with Crippen LogP contribution in [0.1, 0.15) is 23.9 Å². The van der Waals surface area contributed by atoms with Gasteiger partial charge in [-0.05, 0) is 49.2 Å². The molecule has 1 atom stereocenters. The van der Waals surface area contributed by atoms with Crippen molar-refractivity contribution < 1.29 is 14.3 Å². The van der Waals surface area contributed by atoms with Gasteiger partial charge in [0.2, 0.25) is 11.9 Å². The molecular weight excluding hydrogens is 632 g/mol. The minimum atomic E-state index is -0.407. The van der Waals surface area contributed by atoms with Crippen molar-refractivity contribution >= 4 is 39.8 Å². The predicted molar refractivity (Wildman–Crippen MR) is 182 cm³/mol. The van der Waals surface area contributed by atoms with Gasteiger partial charge in [0.25, 0.3) is 0 Å². The Morgan fingerprint density at radius 1 is 1.04 bits per heavy atom. The van der Waals surface area contributed by atoms with Gasteiger partial charge in [0.15, 0.2) is 5.13 Å². The van der Waals surface area contributed by atoms with Gasteiger partial charge in [-0.2, -0.15) is 5.26 Å². The van der Waals surface area contributed by atoms with E-state index in [0.717, 1.165) is 54.5 Å². The number of hydrogen-bond acceptors (Lipinski definition) is 11. The van der Waals surface area contributed by atoms with Crippen molar-refractivity contribution in [2.75, 3.05) is 62.7 Å². The van der Waals surface area contributed by atoms with Crippen LogP contribution in [0.25, 0.3) is 28.0 Å². The number of nitrogens with zero attached hydrogens (tertiary/aromatic N) is 10. The van der Waals surface area contributed by atoms with Gasteiger partial charge in [-0.3, -0.25) is 14.1 Å². The number of nitriles is 1. The molecule has 0 saturated carbocycles. The Kier molecular flexibility index (Phi) is 8.74. The summed E-state index contributed by atoms with van der Waals surface area (Å²) < 4.78 is 15.6. The third-order valence-corrected chi connectivity index (χ3v) is 9.98. The van der Waals surface area contributed by atoms with E-state index in [4.69, 9.17) is 19.9 Å². The first kappa shape index (κ1) is 31.6. The second kappa shape index (κ2) is 13.3. The number of hydrogen-bond donors (Lipinski definition) is 1. The lowest BCUT2D eigenvalue weighted by Gasteiger charge is -2.35. The molecule has 0 aliphatic carbocycles. The molecule has 12 nitrogen and oxygen atoms in total. The fourth-order valence-corrected chi connectivity index (χ4v) is 7.11. The molecule has 6 heterocycles. The molecule has 0 unspecified atom stereocenters. The van der Waals surface area contributed by atoms with Crippen LogP contribution in [-0.4, -0.2) is 104 Å². The minimum absolute atomic E-state index is 0.0733. The van der Waals surface area contributed by atoms with E-state index in [1.54, 1.807) is 17.0 Å². The fourth-order valence-electron chi connectivity index (χ4n) is 6.27. The molecule has 246 valence electrons. The first-order valence-electron chi connectivity index (χ1n) is 16.0. The smallest absolute Gasteiger partial charge is 0.236 e. The lowest BCUT2D eigenvalue weighted by molar-refractivity contribution is -0.131. The van der Waals surface area contributed by atoms with Crippen LogP contribution in [-0.2, 0) is 11.2 Å². The van der Waals surface area contributed by atoms with Crippen LogP contribution in [0.3, 0.4) is 0 Å². The molecule has 2 aliphatic heterocycles. The molecule has 0 radical (unpaired) electrons. The number of carbonyl (C=O) groups excluding carboxylic acids is 1. The number of aromatic nitrogens is 5. The third-order valence-electron chi connectivity index (χ3n) is 8.94. The molecule has 1 aromatic carbocycles. The molecule has 1 N–H and O–H groups in total. The van der Waals surface area contributed by atoms with Crippen LogP contribution in [0.15, 0.2) is 55.0 Å². The largest absolute Gasteiger partial charge is 0.391 e. The van der Waals surface area contributed by atoms with Gasteiger partial charge in [-0.1, -0.05) is 18.3 Å². The summed E-state index contributed by atoms with van der Waals surface area (Å²) in [5.41, 5.74) is 4.65. The maximum Gasteiger partial charge on any atom is 0.236 e. The number of anilines is 3. The summed E-state index contributed by atoms with van der Waals surface area (Å²) in [6, 6.07) is 12.2. The number of pyridine rings is 1. The van der Waals surface area contributed by atoms with Gasteiger partial charge in [-0.15, -0.1) is 0 Å². The number of benzene rings is 1. The van der Waals surface area contributed by atoms with Crippen molar-refractivity contribution in [1.29, 1.82) is 5.26 Å². The number of fused-ring (bicyclic) bond motifs is 1. The van der Waals surface area contributed by atoms with E-state index in [0.29, 0.717) is 59.7 Å². The average molecular weight is 667 g/mol. The number of aliphatic hydroxyl groups excluding tert-OH is 1. The Balaban J connectivity index is 1.08. The molecule has 4 aromatic heterocycles. The molecule has 48 heavy (non-hydrogen) atoms. The molecule has 2 aliphatic rings. The molecule has 0 bridgehead atoms. The maximum absolute atomic E-state index is 13.6. The second-order valence-electron chi connectivity index (χ2n) is 12.1. The van der Waals surface area contributed by atoms with Crippen molar-refractivity contribution in [3.05, 3.63) is 71.4 Å². The van der Waals surface area contributed by atoms with Gasteiger partial charge >= 0.3 is 0 Å². The summed E-state index contributed by atoms with van der Waals surface area (Å²) in [4.78, 5) is 40.1. The van der Waals surface area contributed by atoms with Gasteiger partial charge < -0.3 is 19.8 Å². The number of β-amino-alcohol motifs (C(OH)–C–C–N with tert-alkyl or cyclic N) is 1. The highest BCUT2D eigenvalue weighted by atomic mass is 32.1. The highest BCUT2D eigenvalue weighted by molar-refractivity contribution is 7.16. The lowest BCUT2D eigenvalue weighted by atomic mass is 10.1. The first-order valence-corrected chi connectivity index (χ1v) is 16.8. The lowest BCUT2D eigenvalue weighted by Crippen LogP contribution is -2.50. The zero-order chi connectivity index (χ0) is 33.4. The number of rotatable bonds is 8.